The van der Waals surface area contributed by atoms with E-state index in [1.54, 1.807) is 0 Å². The fourth-order valence-electron chi connectivity index (χ4n) is 3.35. The number of hydrogen-bond acceptors (Lipinski definition) is 2. The lowest BCUT2D eigenvalue weighted by molar-refractivity contribution is 0.607. The third-order valence-electron chi connectivity index (χ3n) is 4.73. The largest absolute Gasteiger partial charge is 0.385 e. The lowest BCUT2D eigenvalue weighted by atomic mass is 10.00. The highest BCUT2D eigenvalue weighted by Gasteiger charge is 2.12. The summed E-state index contributed by atoms with van der Waals surface area (Å²) in [6.07, 6.45) is 4.36. The summed E-state index contributed by atoms with van der Waals surface area (Å²) in [5.41, 5.74) is 1.18. The summed E-state index contributed by atoms with van der Waals surface area (Å²) in [7, 11) is 0. The van der Waals surface area contributed by atoms with E-state index in [1.165, 1.54) is 0 Å². The predicted molar refractivity (Wildman–Crippen MR) is 105 cm³/mol. The minimum Gasteiger partial charge on any atom is -0.385 e. The van der Waals surface area contributed by atoms with E-state index >= 15 is 0 Å². The number of nitrogens with one attached hydrogen (secondary N) is 1. The summed E-state index contributed by atoms with van der Waals surface area (Å²) in [5.74, 6) is 0. The predicted octanol–water partition coefficient (Wildman–Crippen LogP) is 4.30. The smallest absolute Gasteiger partial charge is 0.258 e. The third-order valence-corrected chi connectivity index (χ3v) is 4.73. The number of anilines is 1. The first kappa shape index (κ1) is 16.6. The Morgan fingerprint density at radius 3 is 2.50 bits per heavy atom. The fraction of sp³-hybridized carbons (Fsp3) is 0.381. The average molecular weight is 322 g/mol. The van der Waals surface area contributed by atoms with Crippen LogP contribution >= 0.6 is 0 Å². The highest BCUT2D eigenvalue weighted by Crippen LogP contribution is 2.29. The highest BCUT2D eigenvalue weighted by atomic mass is 16.1. The van der Waals surface area contributed by atoms with Crippen LogP contribution in [0.1, 0.15) is 39.5 Å². The van der Waals surface area contributed by atoms with Crippen LogP contribution in [-0.4, -0.2) is 11.1 Å². The zero-order valence-electron chi connectivity index (χ0n) is 14.7. The van der Waals surface area contributed by atoms with E-state index in [2.05, 4.69) is 43.9 Å². The normalized spacial score (nSPS) is 11.4. The topological polar surface area (TPSA) is 34.0 Å². The van der Waals surface area contributed by atoms with Gasteiger partial charge in [0.2, 0.25) is 0 Å². The van der Waals surface area contributed by atoms with Gasteiger partial charge in [-0.05, 0) is 25.0 Å². The van der Waals surface area contributed by atoms with Crippen LogP contribution in [0.15, 0.2) is 35.1 Å². The lowest BCUT2D eigenvalue weighted by Gasteiger charge is -2.15. The van der Waals surface area contributed by atoms with Gasteiger partial charge in [-0.3, -0.25) is 4.79 Å². The molecule has 0 bridgehead atoms. The standard InChI is InChI=1S/C21H26N2O/c1-4-6-13-22-19-12-11-18-20-16(9-8-10-17(19)20)15(3)23(21(18)24)14-7-5-2/h8-12,22H,3-7,13-14H2,1-2H3. The molecule has 3 heteroatoms. The van der Waals surface area contributed by atoms with Gasteiger partial charge in [-0.2, -0.15) is 0 Å². The van der Waals surface area contributed by atoms with Crippen LogP contribution in [0.5, 0.6) is 0 Å². The Kier molecular flexibility index (Phi) is 4.89. The molecule has 0 aliphatic rings. The molecule has 0 saturated heterocycles. The molecule has 0 aliphatic heterocycles. The van der Waals surface area contributed by atoms with Gasteiger partial charge in [0.1, 0.15) is 0 Å². The van der Waals surface area contributed by atoms with Crippen molar-refractivity contribution >= 4 is 33.8 Å². The molecular weight excluding hydrogens is 296 g/mol. The molecule has 0 aliphatic carbocycles. The second-order valence-electron chi connectivity index (χ2n) is 6.43. The molecule has 3 aromatic rings. The van der Waals surface area contributed by atoms with Gasteiger partial charge >= 0.3 is 0 Å². The van der Waals surface area contributed by atoms with Crippen molar-refractivity contribution < 1.29 is 0 Å². The van der Waals surface area contributed by atoms with Gasteiger partial charge in [-0.25, -0.2) is 0 Å². The van der Waals surface area contributed by atoms with E-state index in [9.17, 15) is 4.79 Å². The fourth-order valence-corrected chi connectivity index (χ4v) is 3.35. The summed E-state index contributed by atoms with van der Waals surface area (Å²) >= 11 is 0. The summed E-state index contributed by atoms with van der Waals surface area (Å²) in [6, 6.07) is 10.2. The van der Waals surface area contributed by atoms with Crippen LogP contribution < -0.4 is 16.2 Å². The van der Waals surface area contributed by atoms with E-state index < -0.39 is 0 Å². The molecule has 0 radical (unpaired) electrons. The lowest BCUT2D eigenvalue weighted by Crippen LogP contribution is -2.33. The zero-order valence-corrected chi connectivity index (χ0v) is 14.7. The van der Waals surface area contributed by atoms with E-state index in [4.69, 9.17) is 0 Å². The molecule has 0 amide bonds. The van der Waals surface area contributed by atoms with Crippen molar-refractivity contribution in [2.75, 3.05) is 11.9 Å². The molecule has 1 heterocycles. The highest BCUT2D eigenvalue weighted by molar-refractivity contribution is 6.14. The van der Waals surface area contributed by atoms with E-state index in [1.807, 2.05) is 16.7 Å². The SMILES string of the molecule is C=c1c2cccc3c(NCCCC)ccc(c(=O)n1CCCC)c32. The molecule has 0 saturated carbocycles. The van der Waals surface area contributed by atoms with Gasteiger partial charge in [0, 0.05) is 45.7 Å². The molecule has 2 aromatic carbocycles. The molecule has 24 heavy (non-hydrogen) atoms. The maximum atomic E-state index is 12.9. The monoisotopic (exact) mass is 322 g/mol. The van der Waals surface area contributed by atoms with Crippen LogP contribution in [0.4, 0.5) is 5.69 Å². The summed E-state index contributed by atoms with van der Waals surface area (Å²) in [4.78, 5) is 12.9. The van der Waals surface area contributed by atoms with Gasteiger partial charge in [-0.15, -0.1) is 0 Å². The number of benzene rings is 2. The second-order valence-corrected chi connectivity index (χ2v) is 6.43. The van der Waals surface area contributed by atoms with Crippen molar-refractivity contribution in [3.05, 3.63) is 46.0 Å². The molecular formula is C21H26N2O. The zero-order chi connectivity index (χ0) is 17.1. The minimum atomic E-state index is 0.0808. The Morgan fingerprint density at radius 2 is 1.75 bits per heavy atom. The average Bonchev–Trinajstić information content (AvgIpc) is 2.60. The van der Waals surface area contributed by atoms with Crippen molar-refractivity contribution in [1.82, 2.24) is 4.57 Å². The Morgan fingerprint density at radius 1 is 1.00 bits per heavy atom. The number of rotatable bonds is 7. The second kappa shape index (κ2) is 7.08. The maximum absolute atomic E-state index is 12.9. The van der Waals surface area contributed by atoms with E-state index in [-0.39, 0.29) is 5.56 Å². The third kappa shape index (κ3) is 2.79. The van der Waals surface area contributed by atoms with Crippen molar-refractivity contribution in [1.29, 1.82) is 0 Å². The molecule has 0 atom stereocenters. The van der Waals surface area contributed by atoms with E-state index in [0.29, 0.717) is 0 Å². The quantitative estimate of drug-likeness (QED) is 0.658. The van der Waals surface area contributed by atoms with Crippen LogP contribution in [-0.2, 0) is 6.54 Å². The Balaban J connectivity index is 2.24. The van der Waals surface area contributed by atoms with Gasteiger partial charge in [0.15, 0.2) is 0 Å². The number of aromatic nitrogens is 1. The van der Waals surface area contributed by atoms with Gasteiger partial charge in [-0.1, -0.05) is 51.5 Å². The van der Waals surface area contributed by atoms with Crippen molar-refractivity contribution in [3.8, 4) is 0 Å². The first-order valence-electron chi connectivity index (χ1n) is 8.99. The van der Waals surface area contributed by atoms with E-state index in [0.717, 1.165) is 71.4 Å². The number of nitrogens with zero attached hydrogens (tertiary/aromatic N) is 1. The Hall–Kier alpha value is -2.29. The van der Waals surface area contributed by atoms with Crippen LogP contribution in [0.25, 0.3) is 28.1 Å². The Labute approximate surface area is 143 Å². The van der Waals surface area contributed by atoms with Gasteiger partial charge in [0.05, 0.1) is 0 Å². The molecule has 0 unspecified atom stereocenters. The Bertz CT molecular complexity index is 923. The number of pyridine rings is 1. The number of unbranched alkanes of at least 4 members (excludes halogenated alkanes) is 2. The minimum absolute atomic E-state index is 0.0808. The molecule has 1 N–H and O–H groups in total. The van der Waals surface area contributed by atoms with Crippen LogP contribution in [0.2, 0.25) is 0 Å². The van der Waals surface area contributed by atoms with Gasteiger partial charge in [0.25, 0.3) is 5.56 Å². The summed E-state index contributed by atoms with van der Waals surface area (Å²) in [5, 5.41) is 8.38. The van der Waals surface area contributed by atoms with Crippen LogP contribution in [0, 0.1) is 0 Å². The maximum Gasteiger partial charge on any atom is 0.258 e. The van der Waals surface area contributed by atoms with Crippen LogP contribution in [0.3, 0.4) is 0 Å². The summed E-state index contributed by atoms with van der Waals surface area (Å²) in [6.45, 7) is 10.2. The van der Waals surface area contributed by atoms with Crippen molar-refractivity contribution in [2.45, 2.75) is 46.1 Å². The molecule has 3 rings (SSSR count). The van der Waals surface area contributed by atoms with Crippen molar-refractivity contribution in [2.24, 2.45) is 0 Å². The molecule has 0 spiro atoms. The molecule has 3 nitrogen and oxygen atoms in total. The molecule has 0 fully saturated rings. The van der Waals surface area contributed by atoms with Crippen molar-refractivity contribution in [3.63, 3.8) is 0 Å². The van der Waals surface area contributed by atoms with Gasteiger partial charge < -0.3 is 9.88 Å². The molecule has 1 aromatic heterocycles. The molecule has 126 valence electrons. The number of hydrogen-bond donors (Lipinski definition) is 1. The summed E-state index contributed by atoms with van der Waals surface area (Å²) < 4.78 is 1.84. The first-order valence-corrected chi connectivity index (χ1v) is 8.99. The first-order chi connectivity index (χ1) is 11.7.